The fourth-order valence-electron chi connectivity index (χ4n) is 7.96. The van der Waals surface area contributed by atoms with Crippen molar-refractivity contribution < 1.29 is 24.2 Å². The quantitative estimate of drug-likeness (QED) is 0.100. The van der Waals surface area contributed by atoms with E-state index in [1.807, 2.05) is 32.2 Å². The summed E-state index contributed by atoms with van der Waals surface area (Å²) in [6.45, 7) is 16.9. The van der Waals surface area contributed by atoms with Crippen LogP contribution in [0.1, 0.15) is 76.8 Å². The lowest BCUT2D eigenvalue weighted by Gasteiger charge is -2.34. The van der Waals surface area contributed by atoms with Crippen LogP contribution in [-0.2, 0) is 33.7 Å². The molecule has 3 unspecified atom stereocenters. The minimum atomic E-state index is -0.864. The summed E-state index contributed by atoms with van der Waals surface area (Å²) in [6.07, 6.45) is 4.27. The van der Waals surface area contributed by atoms with Gasteiger partial charge in [-0.15, -0.1) is 11.3 Å². The van der Waals surface area contributed by atoms with E-state index in [2.05, 4.69) is 65.7 Å². The van der Waals surface area contributed by atoms with Crippen LogP contribution in [0.3, 0.4) is 0 Å². The van der Waals surface area contributed by atoms with Crippen LogP contribution in [-0.4, -0.2) is 123 Å². The smallest absolute Gasteiger partial charge is 0.329 e. The molecule has 1 aromatic carbocycles. The molecule has 0 bridgehead atoms. The number of pyridine rings is 1. The number of aliphatic hydroxyl groups is 1. The van der Waals surface area contributed by atoms with E-state index >= 15 is 0 Å². The van der Waals surface area contributed by atoms with E-state index in [1.54, 1.807) is 34.6 Å². The lowest BCUT2D eigenvalue weighted by atomic mass is 9.84. The average Bonchev–Trinajstić information content (AvgIpc) is 3.86. The first kappa shape index (κ1) is 45.5. The van der Waals surface area contributed by atoms with Crippen LogP contribution < -0.4 is 16.1 Å². The Bertz CT molecular complexity index is 2110. The number of amides is 4. The fraction of sp³-hybridized carbons (Fsp3) is 0.568. The van der Waals surface area contributed by atoms with Gasteiger partial charge in [0, 0.05) is 107 Å². The van der Waals surface area contributed by atoms with Crippen LogP contribution in [0.4, 0.5) is 4.79 Å². The van der Waals surface area contributed by atoms with Crippen LogP contribution in [0.15, 0.2) is 41.9 Å². The number of thiazole rings is 1. The standard InChI is InChI=1S/C44H63N9O5S2/c1-9-52-36-15-14-30(23-32(36)33(25-44(5,6)27-54)39(52)31-13-12-16-46-38(31)29(4)58-8)35-26-59-37(48-35)24-34(42(56)53-20-11-10-17-47-53)49-41(55)40(28(2)3)60-50(7)43(57)51-21-18-45-19-22-51/h12-16,23,26,28-29,34,40,45,47,54H,9-11,17-22,24-25,27H2,1-8H3,(H,49,55). The maximum absolute atomic E-state index is 14.1. The number of rotatable bonds is 16. The number of methoxy groups -OCH3 is 1. The van der Waals surface area contributed by atoms with Gasteiger partial charge in [0.1, 0.15) is 11.3 Å². The van der Waals surface area contributed by atoms with Crippen LogP contribution in [0, 0.1) is 11.3 Å². The van der Waals surface area contributed by atoms with Crippen LogP contribution >= 0.6 is 23.3 Å². The lowest BCUT2D eigenvalue weighted by Crippen LogP contribution is -2.57. The lowest BCUT2D eigenvalue weighted by molar-refractivity contribution is -0.140. The summed E-state index contributed by atoms with van der Waals surface area (Å²) >= 11 is 2.67. The number of benzene rings is 1. The van der Waals surface area contributed by atoms with Crippen LogP contribution in [0.5, 0.6) is 0 Å². The molecule has 326 valence electrons. The molecule has 4 N–H and O–H groups in total. The summed E-state index contributed by atoms with van der Waals surface area (Å²) in [4.78, 5) is 53.1. The third-order valence-electron chi connectivity index (χ3n) is 11.4. The zero-order valence-electron chi connectivity index (χ0n) is 36.4. The number of aliphatic hydroxyl groups excluding tert-OH is 1. The van der Waals surface area contributed by atoms with Gasteiger partial charge in [-0.2, -0.15) is 0 Å². The highest BCUT2D eigenvalue weighted by atomic mass is 32.2. The number of aryl methyl sites for hydroxylation is 1. The Morgan fingerprint density at radius 3 is 2.53 bits per heavy atom. The largest absolute Gasteiger partial charge is 0.396 e. The number of hydrogen-bond acceptors (Lipinski definition) is 11. The number of hydrazine groups is 1. The molecule has 3 aromatic heterocycles. The van der Waals surface area contributed by atoms with Gasteiger partial charge in [-0.3, -0.25) is 23.9 Å². The van der Waals surface area contributed by atoms with E-state index < -0.39 is 11.3 Å². The molecule has 4 aromatic rings. The number of ether oxygens (including phenoxy) is 1. The molecule has 2 fully saturated rings. The van der Waals surface area contributed by atoms with Gasteiger partial charge in [0.05, 0.1) is 28.2 Å². The molecule has 0 spiro atoms. The summed E-state index contributed by atoms with van der Waals surface area (Å²) < 4.78 is 9.64. The molecular weight excluding hydrogens is 799 g/mol. The molecule has 60 heavy (non-hydrogen) atoms. The molecule has 2 saturated heterocycles. The minimum absolute atomic E-state index is 0.0278. The molecule has 4 amide bonds. The minimum Gasteiger partial charge on any atom is -0.396 e. The summed E-state index contributed by atoms with van der Waals surface area (Å²) in [5, 5.41) is 21.7. The molecule has 0 saturated carbocycles. The van der Waals surface area contributed by atoms with Crippen LogP contribution in [0.2, 0.25) is 0 Å². The Morgan fingerprint density at radius 1 is 1.10 bits per heavy atom. The van der Waals surface area contributed by atoms with Gasteiger partial charge in [-0.1, -0.05) is 33.8 Å². The van der Waals surface area contributed by atoms with E-state index in [1.165, 1.54) is 23.3 Å². The molecular formula is C44H63N9O5S2. The zero-order valence-corrected chi connectivity index (χ0v) is 38.0. The zero-order chi connectivity index (χ0) is 43.1. The molecule has 2 aliphatic heterocycles. The molecule has 0 radical (unpaired) electrons. The number of piperazine rings is 1. The first-order chi connectivity index (χ1) is 28.8. The van der Waals surface area contributed by atoms with Crippen molar-refractivity contribution in [2.24, 2.45) is 11.3 Å². The van der Waals surface area contributed by atoms with Crippen molar-refractivity contribution in [1.29, 1.82) is 0 Å². The number of urea groups is 1. The number of nitrogens with zero attached hydrogens (tertiary/aromatic N) is 6. The van der Waals surface area contributed by atoms with Gasteiger partial charge in [-0.05, 0) is 86.2 Å². The van der Waals surface area contributed by atoms with Gasteiger partial charge >= 0.3 is 6.03 Å². The number of aromatic nitrogens is 3. The third kappa shape index (κ3) is 10.3. The molecule has 5 heterocycles. The molecule has 6 rings (SSSR count). The van der Waals surface area contributed by atoms with E-state index in [0.29, 0.717) is 32.6 Å². The predicted octanol–water partition coefficient (Wildman–Crippen LogP) is 5.90. The Kier molecular flexibility index (Phi) is 15.3. The first-order valence-electron chi connectivity index (χ1n) is 21.2. The number of carbonyl (C=O) groups excluding carboxylic acids is 3. The highest BCUT2D eigenvalue weighted by Gasteiger charge is 2.35. The number of nitrogens with one attached hydrogen (secondary N) is 3. The summed E-state index contributed by atoms with van der Waals surface area (Å²) in [7, 11) is 3.40. The van der Waals surface area contributed by atoms with E-state index in [-0.39, 0.29) is 48.3 Å². The molecule has 3 atom stereocenters. The van der Waals surface area contributed by atoms with E-state index in [0.717, 1.165) is 82.2 Å². The van der Waals surface area contributed by atoms with Gasteiger partial charge in [0.2, 0.25) is 5.91 Å². The SMILES string of the molecule is CCn1c(-c2cccnc2C(C)OC)c(CC(C)(C)CO)c2cc(-c3csc(CC(NC(=O)C(SN(C)C(=O)N4CCNCC4)C(C)C)C(=O)N4CCCCN4)n3)ccc21. The van der Waals surface area contributed by atoms with Crippen molar-refractivity contribution in [1.82, 2.24) is 44.8 Å². The second kappa shape index (κ2) is 20.2. The topological polar surface area (TPSA) is 157 Å². The summed E-state index contributed by atoms with van der Waals surface area (Å²) in [6, 6.07) is 9.48. The maximum Gasteiger partial charge on any atom is 0.329 e. The Morgan fingerprint density at radius 2 is 1.87 bits per heavy atom. The maximum atomic E-state index is 14.1. The first-order valence-corrected chi connectivity index (χ1v) is 22.9. The Balaban J connectivity index is 1.31. The number of fused-ring (bicyclic) bond motifs is 1. The van der Waals surface area contributed by atoms with Crippen molar-refractivity contribution >= 4 is 52.0 Å². The predicted molar refractivity (Wildman–Crippen MR) is 240 cm³/mol. The van der Waals surface area contributed by atoms with Crippen molar-refractivity contribution in [2.75, 3.05) is 60.0 Å². The monoisotopic (exact) mass is 861 g/mol. The second-order valence-electron chi connectivity index (χ2n) is 16.9. The molecule has 16 heteroatoms. The highest BCUT2D eigenvalue weighted by Crippen LogP contribution is 2.41. The average molecular weight is 862 g/mol. The summed E-state index contributed by atoms with van der Waals surface area (Å²) in [5.41, 5.74) is 9.68. The van der Waals surface area contributed by atoms with Crippen molar-refractivity contribution in [3.63, 3.8) is 0 Å². The molecule has 14 nitrogen and oxygen atoms in total. The number of hydrogen-bond donors (Lipinski definition) is 4. The fourth-order valence-corrected chi connectivity index (χ4v) is 9.76. The van der Waals surface area contributed by atoms with Gasteiger partial charge < -0.3 is 29.9 Å². The van der Waals surface area contributed by atoms with Gasteiger partial charge in [0.15, 0.2) is 0 Å². The normalized spacial score (nSPS) is 16.6. The Hall–Kier alpha value is -4.06. The van der Waals surface area contributed by atoms with Gasteiger partial charge in [0.25, 0.3) is 5.91 Å². The van der Waals surface area contributed by atoms with Crippen molar-refractivity contribution in [2.45, 2.75) is 91.2 Å². The summed E-state index contributed by atoms with van der Waals surface area (Å²) in [5.74, 6) is -0.609. The van der Waals surface area contributed by atoms with Gasteiger partial charge in [-0.25, -0.2) is 15.2 Å². The van der Waals surface area contributed by atoms with Crippen molar-refractivity contribution in [3.05, 3.63) is 58.2 Å². The second-order valence-corrected chi connectivity index (χ2v) is 19.1. The Labute approximate surface area is 362 Å². The van der Waals surface area contributed by atoms with Crippen LogP contribution in [0.25, 0.3) is 33.4 Å². The number of carbonyl (C=O) groups is 3. The molecule has 2 aliphatic rings. The molecule has 0 aliphatic carbocycles. The van der Waals surface area contributed by atoms with E-state index in [4.69, 9.17) is 14.7 Å². The van der Waals surface area contributed by atoms with Crippen molar-refractivity contribution in [3.8, 4) is 22.5 Å². The van der Waals surface area contributed by atoms with E-state index in [9.17, 15) is 19.5 Å². The highest BCUT2D eigenvalue weighted by molar-refractivity contribution is 7.98. The third-order valence-corrected chi connectivity index (χ3v) is 13.7.